The second-order valence-corrected chi connectivity index (χ2v) is 10.7. The van der Waals surface area contributed by atoms with Crippen molar-refractivity contribution in [2.75, 3.05) is 6.61 Å². The number of carboxylic acids is 1. The molecule has 0 spiro atoms. The van der Waals surface area contributed by atoms with Gasteiger partial charge in [0, 0.05) is 15.9 Å². The Kier molecular flexibility index (Phi) is 5.07. The Morgan fingerprint density at radius 2 is 1.97 bits per heavy atom. The first-order valence-electron chi connectivity index (χ1n) is 13.9. The van der Waals surface area contributed by atoms with Crippen LogP contribution in [0, 0.1) is 34.5 Å². The van der Waals surface area contributed by atoms with Crippen molar-refractivity contribution in [2.24, 2.45) is 34.5 Å². The van der Waals surface area contributed by atoms with Crippen molar-refractivity contribution >= 4 is 23.5 Å². The van der Waals surface area contributed by atoms with Crippen molar-refractivity contribution in [3.63, 3.8) is 0 Å². The van der Waals surface area contributed by atoms with Crippen molar-refractivity contribution < 1.29 is 44.7 Å². The van der Waals surface area contributed by atoms with Gasteiger partial charge in [0.1, 0.15) is 5.60 Å². The van der Waals surface area contributed by atoms with E-state index in [2.05, 4.69) is 0 Å². The molecule has 0 aromatic carbocycles. The molecule has 0 aromatic heterocycles. The number of carbonyl (C=O) groups excluding carboxylic acids is 3. The number of fused-ring (bicyclic) bond motifs is 5. The number of ether oxygens (including phenoxy) is 1. The molecule has 0 aliphatic heterocycles. The van der Waals surface area contributed by atoms with Crippen LogP contribution in [0.5, 0.6) is 0 Å². The van der Waals surface area contributed by atoms with Gasteiger partial charge in [0.2, 0.25) is 5.78 Å². The molecule has 0 amide bonds. The SMILES string of the molecule is [2H]C1([2H])[C@]([2H])(O)[C@@]2([2H])[C@@H](C[C@H](C)C3=CC(=O)CC[C@@]32C)[C@@H]2CC[C@](O)(C(=O)COC(=O)CCC(=O)O)[C@]21C. The van der Waals surface area contributed by atoms with Crippen LogP contribution >= 0.6 is 0 Å². The van der Waals surface area contributed by atoms with Crippen LogP contribution in [-0.4, -0.2) is 57.1 Å². The summed E-state index contributed by atoms with van der Waals surface area (Å²) in [7, 11) is 0. The third-order valence-corrected chi connectivity index (χ3v) is 8.83. The van der Waals surface area contributed by atoms with E-state index in [4.69, 9.17) is 14.0 Å². The number of rotatable bonds is 6. The van der Waals surface area contributed by atoms with E-state index in [1.54, 1.807) is 6.92 Å². The molecule has 3 saturated carbocycles. The van der Waals surface area contributed by atoms with E-state index in [0.29, 0.717) is 5.57 Å². The summed E-state index contributed by atoms with van der Waals surface area (Å²) in [5.41, 5.74) is -4.97. The molecule has 0 aromatic rings. The smallest absolute Gasteiger partial charge is 0.306 e. The average molecular weight is 481 g/mol. The fourth-order valence-corrected chi connectivity index (χ4v) is 7.04. The Balaban J connectivity index is 1.76. The summed E-state index contributed by atoms with van der Waals surface area (Å²) in [6.07, 6.45) is -5.06. The third-order valence-electron chi connectivity index (χ3n) is 8.83. The monoisotopic (exact) mass is 480 g/mol. The first-order chi connectivity index (χ1) is 17.3. The maximum atomic E-state index is 13.4. The van der Waals surface area contributed by atoms with Crippen LogP contribution in [0.2, 0.25) is 0 Å². The van der Waals surface area contributed by atoms with Gasteiger partial charge in [-0.15, -0.1) is 0 Å². The summed E-state index contributed by atoms with van der Waals surface area (Å²) in [5, 5.41) is 32.3. The third kappa shape index (κ3) is 3.73. The van der Waals surface area contributed by atoms with Gasteiger partial charge in [-0.2, -0.15) is 0 Å². The number of ketones is 2. The molecule has 0 unspecified atom stereocenters. The zero-order valence-electron chi connectivity index (χ0n) is 23.8. The number of allylic oxidation sites excluding steroid dienone is 1. The highest BCUT2D eigenvalue weighted by atomic mass is 16.5. The molecule has 4 aliphatic carbocycles. The fraction of sp³-hybridized carbons (Fsp3) is 0.769. The lowest BCUT2D eigenvalue weighted by molar-refractivity contribution is -0.186. The molecule has 4 aliphatic rings. The standard InChI is InChI=1S/C26H36O8/c1-14-10-16-17-7-9-26(33,20(29)13-34-22(32)5-4-21(30)31)25(17,3)12-19(28)23(16)24(2)8-6-15(27)11-18(14)24/h11,14,16-17,19,23,28,33H,4-10,12-13H2,1-3H3,(H,30,31)/t14-,16-,17-,19-,23+,24-,25-,26-/m0/s1/i12D2,19D,23D. The fourth-order valence-electron chi connectivity index (χ4n) is 7.04. The Bertz CT molecular complexity index is 1120. The van der Waals surface area contributed by atoms with Crippen LogP contribution in [0.4, 0.5) is 0 Å². The zero-order valence-corrected chi connectivity index (χ0v) is 19.8. The molecule has 3 fully saturated rings. The van der Waals surface area contributed by atoms with Gasteiger partial charge in [0.15, 0.2) is 12.4 Å². The van der Waals surface area contributed by atoms with Crippen LogP contribution in [0.3, 0.4) is 0 Å². The van der Waals surface area contributed by atoms with Gasteiger partial charge >= 0.3 is 11.9 Å². The highest BCUT2D eigenvalue weighted by Crippen LogP contribution is 2.68. The van der Waals surface area contributed by atoms with Gasteiger partial charge in [-0.05, 0) is 67.2 Å². The van der Waals surface area contributed by atoms with Gasteiger partial charge in [-0.25, -0.2) is 0 Å². The predicted molar refractivity (Wildman–Crippen MR) is 120 cm³/mol. The number of aliphatic carboxylic acids is 1. The molecule has 0 heterocycles. The Labute approximate surface area is 205 Å². The van der Waals surface area contributed by atoms with Crippen LogP contribution in [0.25, 0.3) is 0 Å². The van der Waals surface area contributed by atoms with Gasteiger partial charge < -0.3 is 20.1 Å². The Morgan fingerprint density at radius 3 is 2.65 bits per heavy atom. The van der Waals surface area contributed by atoms with Crippen LogP contribution in [0.1, 0.15) is 77.6 Å². The van der Waals surface area contributed by atoms with Gasteiger partial charge in [0.25, 0.3) is 0 Å². The number of carboxylic acid groups (broad SMARTS) is 1. The molecular formula is C26H36O8. The highest BCUT2D eigenvalue weighted by Gasteiger charge is 2.68. The second kappa shape index (κ2) is 8.55. The molecule has 3 N–H and O–H groups in total. The lowest BCUT2D eigenvalue weighted by atomic mass is 9.44. The van der Waals surface area contributed by atoms with Crippen LogP contribution < -0.4 is 0 Å². The summed E-state index contributed by atoms with van der Waals surface area (Å²) in [5.74, 6) is -7.11. The summed E-state index contributed by atoms with van der Waals surface area (Å²) in [6.45, 7) is 4.02. The first-order valence-corrected chi connectivity index (χ1v) is 11.9. The Morgan fingerprint density at radius 1 is 1.26 bits per heavy atom. The van der Waals surface area contributed by atoms with Crippen molar-refractivity contribution in [3.8, 4) is 0 Å². The minimum absolute atomic E-state index is 0.108. The summed E-state index contributed by atoms with van der Waals surface area (Å²) in [4.78, 5) is 48.2. The topological polar surface area (TPSA) is 138 Å². The minimum atomic E-state index is -3.08. The minimum Gasteiger partial charge on any atom is -0.481 e. The van der Waals surface area contributed by atoms with E-state index >= 15 is 0 Å². The van der Waals surface area contributed by atoms with Gasteiger partial charge in [0.05, 0.1) is 20.3 Å². The van der Waals surface area contributed by atoms with Crippen molar-refractivity contribution in [2.45, 2.75) is 83.8 Å². The molecule has 8 nitrogen and oxygen atoms in total. The van der Waals surface area contributed by atoms with Crippen LogP contribution in [-0.2, 0) is 23.9 Å². The van der Waals surface area contributed by atoms with E-state index in [-0.39, 0.29) is 43.8 Å². The van der Waals surface area contributed by atoms with Gasteiger partial charge in [-0.3, -0.25) is 19.2 Å². The molecule has 4 rings (SSSR count). The molecule has 8 atom stereocenters. The van der Waals surface area contributed by atoms with Crippen LogP contribution in [0.15, 0.2) is 11.6 Å². The number of Topliss-reactive ketones (excluding diaryl/α,β-unsaturated/α-hetero) is 1. The zero-order chi connectivity index (χ0) is 28.7. The van der Waals surface area contributed by atoms with E-state index in [1.165, 1.54) is 13.0 Å². The summed E-state index contributed by atoms with van der Waals surface area (Å²) in [6, 6.07) is 0. The number of aliphatic hydroxyl groups is 2. The molecule has 34 heavy (non-hydrogen) atoms. The highest BCUT2D eigenvalue weighted by molar-refractivity contribution is 5.92. The molecule has 8 heteroatoms. The second-order valence-electron chi connectivity index (χ2n) is 10.7. The average Bonchev–Trinajstić information content (AvgIpc) is 3.11. The molecular weight excluding hydrogens is 440 g/mol. The van der Waals surface area contributed by atoms with E-state index in [1.807, 2.05) is 6.92 Å². The van der Waals surface area contributed by atoms with E-state index in [9.17, 15) is 30.8 Å². The number of carbonyl (C=O) groups is 4. The van der Waals surface area contributed by atoms with E-state index in [0.717, 1.165) is 0 Å². The molecule has 188 valence electrons. The van der Waals surface area contributed by atoms with Gasteiger partial charge in [-0.1, -0.05) is 26.3 Å². The van der Waals surface area contributed by atoms with Crippen molar-refractivity contribution in [1.29, 1.82) is 0 Å². The lowest BCUT2D eigenvalue weighted by Gasteiger charge is -2.61. The molecule has 0 saturated heterocycles. The number of hydrogen-bond donors (Lipinski definition) is 3. The van der Waals surface area contributed by atoms with E-state index < -0.39 is 83.8 Å². The summed E-state index contributed by atoms with van der Waals surface area (Å²) >= 11 is 0. The predicted octanol–water partition coefficient (Wildman–Crippen LogP) is 2.44. The number of esters is 1. The molecule has 0 radical (unpaired) electrons. The largest absolute Gasteiger partial charge is 0.481 e. The summed E-state index contributed by atoms with van der Waals surface area (Å²) < 4.78 is 41.9. The number of hydrogen-bond acceptors (Lipinski definition) is 7. The maximum absolute atomic E-state index is 13.4. The lowest BCUT2D eigenvalue weighted by Crippen LogP contribution is -2.62. The Hall–Kier alpha value is -2.06. The quantitative estimate of drug-likeness (QED) is 0.493. The van der Waals surface area contributed by atoms with Crippen molar-refractivity contribution in [1.82, 2.24) is 0 Å². The normalized spacial score (nSPS) is 50.8. The first kappa shape index (κ1) is 20.2. The maximum Gasteiger partial charge on any atom is 0.306 e. The molecule has 0 bridgehead atoms. The van der Waals surface area contributed by atoms with Crippen molar-refractivity contribution in [3.05, 3.63) is 11.6 Å².